The smallest absolute Gasteiger partial charge is 0.314 e. The molecule has 19 heavy (non-hydrogen) atoms. The number of carboxylic acid groups (broad SMARTS) is 1. The Labute approximate surface area is 107 Å². The molecule has 9 nitrogen and oxygen atoms in total. The van der Waals surface area contributed by atoms with E-state index in [2.05, 4.69) is 4.98 Å². The minimum absolute atomic E-state index is 0.0327. The van der Waals surface area contributed by atoms with Crippen LogP contribution in [0.25, 0.3) is 0 Å². The van der Waals surface area contributed by atoms with E-state index in [9.17, 15) is 25.1 Å². The van der Waals surface area contributed by atoms with Gasteiger partial charge in [-0.05, 0) is 6.92 Å². The minimum atomic E-state index is -1.60. The minimum Gasteiger partial charge on any atom is -0.481 e. The lowest BCUT2D eigenvalue weighted by Crippen LogP contribution is -2.23. The summed E-state index contributed by atoms with van der Waals surface area (Å²) in [5.74, 6) is -1.62. The average molecular weight is 271 g/mol. The van der Waals surface area contributed by atoms with Crippen LogP contribution in [-0.2, 0) is 4.79 Å². The van der Waals surface area contributed by atoms with Crippen molar-refractivity contribution in [2.24, 2.45) is 0 Å². The summed E-state index contributed by atoms with van der Waals surface area (Å²) in [4.78, 5) is 24.1. The highest BCUT2D eigenvalue weighted by Crippen LogP contribution is 2.31. The zero-order valence-corrected chi connectivity index (χ0v) is 9.98. The van der Waals surface area contributed by atoms with Crippen LogP contribution in [0, 0.1) is 17.0 Å². The number of hydrogen-bond donors (Lipinski definition) is 4. The maximum absolute atomic E-state index is 10.8. The lowest BCUT2D eigenvalue weighted by Gasteiger charge is -2.18. The van der Waals surface area contributed by atoms with Gasteiger partial charge in [-0.2, -0.15) is 0 Å². The number of aromatic nitrogens is 1. The fourth-order valence-corrected chi connectivity index (χ4v) is 1.65. The zero-order valence-electron chi connectivity index (χ0n) is 9.98. The molecule has 5 N–H and O–H groups in total. The second-order valence-corrected chi connectivity index (χ2v) is 3.94. The Hall–Kier alpha value is -2.26. The molecule has 0 saturated heterocycles. The van der Waals surface area contributed by atoms with Gasteiger partial charge in [0, 0.05) is 17.3 Å². The Bertz CT molecular complexity index is 518. The third kappa shape index (κ3) is 3.14. The van der Waals surface area contributed by atoms with Crippen LogP contribution in [0.4, 0.5) is 11.5 Å². The lowest BCUT2D eigenvalue weighted by atomic mass is 9.98. The van der Waals surface area contributed by atoms with Gasteiger partial charge >= 0.3 is 11.7 Å². The van der Waals surface area contributed by atoms with E-state index in [1.165, 1.54) is 6.92 Å². The Morgan fingerprint density at radius 3 is 2.63 bits per heavy atom. The number of nitrogens with two attached hydrogens (primary N) is 1. The molecule has 2 atom stereocenters. The van der Waals surface area contributed by atoms with Gasteiger partial charge in [0.1, 0.15) is 6.10 Å². The van der Waals surface area contributed by atoms with E-state index >= 15 is 0 Å². The predicted octanol–water partition coefficient (Wildman–Crippen LogP) is -0.251. The molecule has 0 amide bonds. The van der Waals surface area contributed by atoms with Crippen molar-refractivity contribution >= 4 is 17.5 Å². The van der Waals surface area contributed by atoms with Gasteiger partial charge in [-0.1, -0.05) is 0 Å². The first-order valence-electron chi connectivity index (χ1n) is 5.23. The normalized spacial score (nSPS) is 13.8. The van der Waals surface area contributed by atoms with Crippen molar-refractivity contribution in [3.8, 4) is 0 Å². The Morgan fingerprint density at radius 2 is 2.16 bits per heavy atom. The monoisotopic (exact) mass is 271 g/mol. The molecule has 0 aliphatic rings. The molecule has 104 valence electrons. The fourth-order valence-electron chi connectivity index (χ4n) is 1.65. The summed E-state index contributed by atoms with van der Waals surface area (Å²) in [5.41, 5.74) is 4.89. The Morgan fingerprint density at radius 1 is 1.58 bits per heavy atom. The van der Waals surface area contributed by atoms with Gasteiger partial charge in [-0.15, -0.1) is 0 Å². The third-order valence-corrected chi connectivity index (χ3v) is 2.62. The highest BCUT2D eigenvalue weighted by atomic mass is 16.6. The van der Waals surface area contributed by atoms with Crippen LogP contribution in [0.3, 0.4) is 0 Å². The van der Waals surface area contributed by atoms with Crippen molar-refractivity contribution < 1.29 is 25.0 Å². The van der Waals surface area contributed by atoms with E-state index in [1.54, 1.807) is 0 Å². The van der Waals surface area contributed by atoms with Gasteiger partial charge in [0.05, 0.1) is 17.4 Å². The summed E-state index contributed by atoms with van der Waals surface area (Å²) in [5, 5.41) is 38.6. The summed E-state index contributed by atoms with van der Waals surface area (Å²) in [6, 6.07) is 0. The highest BCUT2D eigenvalue weighted by molar-refractivity contribution is 5.67. The van der Waals surface area contributed by atoms with E-state index in [0.717, 1.165) is 6.20 Å². The molecule has 0 fully saturated rings. The summed E-state index contributed by atoms with van der Waals surface area (Å²) in [6.45, 7) is 1.34. The van der Waals surface area contributed by atoms with Crippen molar-refractivity contribution in [1.82, 2.24) is 4.98 Å². The molecular formula is C10H13N3O6. The largest absolute Gasteiger partial charge is 0.481 e. The van der Waals surface area contributed by atoms with Crippen molar-refractivity contribution in [2.75, 3.05) is 5.73 Å². The number of aliphatic carboxylic acids is 1. The number of aliphatic hydroxyl groups excluding tert-OH is 2. The first kappa shape index (κ1) is 14.8. The van der Waals surface area contributed by atoms with Gasteiger partial charge < -0.3 is 21.1 Å². The molecule has 1 rings (SSSR count). The lowest BCUT2D eigenvalue weighted by molar-refractivity contribution is -0.384. The van der Waals surface area contributed by atoms with Crippen molar-refractivity contribution in [3.05, 3.63) is 27.4 Å². The number of anilines is 1. The Balaban J connectivity index is 3.18. The molecule has 2 unspecified atom stereocenters. The number of hydrogen-bond acceptors (Lipinski definition) is 7. The van der Waals surface area contributed by atoms with Gasteiger partial charge in [0.2, 0.25) is 5.82 Å². The van der Waals surface area contributed by atoms with E-state index in [1.807, 2.05) is 0 Å². The zero-order chi connectivity index (χ0) is 14.7. The fraction of sp³-hybridized carbons (Fsp3) is 0.400. The summed E-state index contributed by atoms with van der Waals surface area (Å²) in [6.07, 6.45) is -2.81. The van der Waals surface area contributed by atoms with Crippen LogP contribution in [0.2, 0.25) is 0 Å². The number of rotatable bonds is 5. The standard InChI is InChI=1S/C10H13N3O6/c1-4-5(9(17)6(14)2-7(15)16)3-12-10(11)8(4)13(18)19/h3,6,9,14,17H,2H2,1H3,(H2,11,12)(H,15,16). The van der Waals surface area contributed by atoms with E-state index in [0.29, 0.717) is 0 Å². The van der Waals surface area contributed by atoms with Gasteiger partial charge in [0.25, 0.3) is 0 Å². The molecule has 0 saturated carbocycles. The molecule has 0 bridgehead atoms. The van der Waals surface area contributed by atoms with Crippen molar-refractivity contribution in [2.45, 2.75) is 25.6 Å². The second kappa shape index (κ2) is 5.59. The quantitative estimate of drug-likeness (QED) is 0.421. The van der Waals surface area contributed by atoms with Crippen LogP contribution in [0.15, 0.2) is 6.20 Å². The molecule has 0 radical (unpaired) electrons. The number of nitro groups is 1. The molecule has 0 aliphatic carbocycles. The summed E-state index contributed by atoms with van der Waals surface area (Å²) in [7, 11) is 0. The first-order chi connectivity index (χ1) is 8.75. The number of nitrogens with zero attached hydrogens (tertiary/aromatic N) is 2. The predicted molar refractivity (Wildman–Crippen MR) is 63.3 cm³/mol. The SMILES string of the molecule is Cc1c(C(O)C(O)CC(=O)O)cnc(N)c1[N+](=O)[O-]. The van der Waals surface area contributed by atoms with Crippen LogP contribution >= 0.6 is 0 Å². The molecule has 0 aromatic carbocycles. The van der Waals surface area contributed by atoms with Crippen LogP contribution in [-0.4, -0.2) is 37.3 Å². The molecule has 1 heterocycles. The van der Waals surface area contributed by atoms with Crippen molar-refractivity contribution in [3.63, 3.8) is 0 Å². The highest BCUT2D eigenvalue weighted by Gasteiger charge is 2.28. The topological polar surface area (TPSA) is 160 Å². The maximum Gasteiger partial charge on any atom is 0.314 e. The molecule has 0 spiro atoms. The maximum atomic E-state index is 10.8. The van der Waals surface area contributed by atoms with E-state index in [-0.39, 0.29) is 16.9 Å². The number of nitrogen functional groups attached to an aromatic ring is 1. The molecule has 0 aliphatic heterocycles. The molecule has 9 heteroatoms. The number of carbonyl (C=O) groups is 1. The van der Waals surface area contributed by atoms with Crippen LogP contribution < -0.4 is 5.73 Å². The van der Waals surface area contributed by atoms with E-state index < -0.39 is 35.2 Å². The van der Waals surface area contributed by atoms with Crippen molar-refractivity contribution in [1.29, 1.82) is 0 Å². The van der Waals surface area contributed by atoms with Gasteiger partial charge in [-0.25, -0.2) is 4.98 Å². The number of carboxylic acids is 1. The Kier molecular flexibility index (Phi) is 4.35. The second-order valence-electron chi connectivity index (χ2n) is 3.94. The van der Waals surface area contributed by atoms with Crippen LogP contribution in [0.5, 0.6) is 0 Å². The first-order valence-corrected chi connectivity index (χ1v) is 5.23. The van der Waals surface area contributed by atoms with Gasteiger partial charge in [0.15, 0.2) is 0 Å². The number of pyridine rings is 1. The summed E-state index contributed by atoms with van der Waals surface area (Å²) < 4.78 is 0. The van der Waals surface area contributed by atoms with Gasteiger partial charge in [-0.3, -0.25) is 14.9 Å². The van der Waals surface area contributed by atoms with E-state index in [4.69, 9.17) is 10.8 Å². The average Bonchev–Trinajstić information content (AvgIpc) is 2.26. The summed E-state index contributed by atoms with van der Waals surface area (Å²) >= 11 is 0. The number of aliphatic hydroxyl groups is 2. The van der Waals surface area contributed by atoms with Crippen LogP contribution in [0.1, 0.15) is 23.7 Å². The molecular weight excluding hydrogens is 258 g/mol. The molecule has 1 aromatic heterocycles. The third-order valence-electron chi connectivity index (χ3n) is 2.62. The molecule has 1 aromatic rings.